The molecule has 0 saturated carbocycles. The lowest BCUT2D eigenvalue weighted by Gasteiger charge is -2.22. The zero-order valence-corrected chi connectivity index (χ0v) is 21.2. The van der Waals surface area contributed by atoms with Crippen LogP contribution in [-0.2, 0) is 27.4 Å². The highest BCUT2D eigenvalue weighted by molar-refractivity contribution is 5.78. The lowest BCUT2D eigenvalue weighted by atomic mass is 10.2. The quantitative estimate of drug-likeness (QED) is 0.372. The molecular formula is C27H33N3O6. The Labute approximate surface area is 210 Å². The third-order valence-electron chi connectivity index (χ3n) is 5.36. The lowest BCUT2D eigenvalue weighted by Crippen LogP contribution is -2.37. The average molecular weight is 496 g/mol. The maximum Gasteiger partial charge on any atom is 0.410 e. The summed E-state index contributed by atoms with van der Waals surface area (Å²) in [6.07, 6.45) is -0.568. The van der Waals surface area contributed by atoms with Gasteiger partial charge in [0.25, 0.3) is 5.56 Å². The molecule has 0 atom stereocenters. The molecule has 1 amide bonds. The minimum Gasteiger partial charge on any atom is -0.492 e. The number of ether oxygens (including phenoxy) is 3. The molecule has 0 unspecified atom stereocenters. The van der Waals surface area contributed by atoms with Crippen LogP contribution in [0.1, 0.15) is 32.2 Å². The standard InChI is InChI=1S/C27H33N3O6/c1-5-34-25(31)17-29(27(33)36-18-19(2)3)16-21-10-12-22(13-11-21)35-15-14-30-20(4)28-24-9-7-6-8-23(24)26(30)32/h6-13,19H,5,14-18H2,1-4H3. The van der Waals surface area contributed by atoms with E-state index in [4.69, 9.17) is 14.2 Å². The molecule has 0 spiro atoms. The van der Waals surface area contributed by atoms with Crippen molar-refractivity contribution < 1.29 is 23.8 Å². The second-order valence-corrected chi connectivity index (χ2v) is 8.76. The fourth-order valence-corrected chi connectivity index (χ4v) is 3.59. The number of aryl methyl sites for hydroxylation is 1. The molecule has 9 heteroatoms. The van der Waals surface area contributed by atoms with E-state index < -0.39 is 12.1 Å². The van der Waals surface area contributed by atoms with Crippen molar-refractivity contribution in [1.29, 1.82) is 0 Å². The Kier molecular flexibility index (Phi) is 9.44. The molecule has 0 aliphatic heterocycles. The van der Waals surface area contributed by atoms with Crippen molar-refractivity contribution in [3.05, 3.63) is 70.3 Å². The molecule has 36 heavy (non-hydrogen) atoms. The largest absolute Gasteiger partial charge is 0.492 e. The first-order valence-corrected chi connectivity index (χ1v) is 12.0. The highest BCUT2D eigenvalue weighted by Crippen LogP contribution is 2.15. The Morgan fingerprint density at radius 1 is 1.06 bits per heavy atom. The van der Waals surface area contributed by atoms with E-state index in [1.54, 1.807) is 36.6 Å². The number of hydrogen-bond acceptors (Lipinski definition) is 7. The predicted octanol–water partition coefficient (Wildman–Crippen LogP) is 3.94. The highest BCUT2D eigenvalue weighted by atomic mass is 16.6. The summed E-state index contributed by atoms with van der Waals surface area (Å²) in [4.78, 5) is 43.1. The summed E-state index contributed by atoms with van der Waals surface area (Å²) in [5, 5.41) is 0.576. The summed E-state index contributed by atoms with van der Waals surface area (Å²) in [7, 11) is 0. The van der Waals surface area contributed by atoms with Crippen molar-refractivity contribution in [3.63, 3.8) is 0 Å². The molecule has 0 bridgehead atoms. The molecule has 0 N–H and O–H groups in total. The van der Waals surface area contributed by atoms with Gasteiger partial charge in [-0.25, -0.2) is 9.78 Å². The molecule has 0 fully saturated rings. The minimum atomic E-state index is -0.568. The zero-order valence-electron chi connectivity index (χ0n) is 21.2. The number of rotatable bonds is 11. The van der Waals surface area contributed by atoms with Crippen LogP contribution < -0.4 is 10.3 Å². The first-order chi connectivity index (χ1) is 17.3. The molecule has 1 aromatic heterocycles. The number of amides is 1. The second kappa shape index (κ2) is 12.7. The molecule has 0 aliphatic rings. The van der Waals surface area contributed by atoms with Crippen LogP contribution in [0, 0.1) is 12.8 Å². The first-order valence-electron chi connectivity index (χ1n) is 12.0. The van der Waals surface area contributed by atoms with Crippen LogP contribution in [-0.4, -0.2) is 52.9 Å². The molecule has 1 heterocycles. The van der Waals surface area contributed by atoms with Crippen molar-refractivity contribution in [2.24, 2.45) is 5.92 Å². The number of carbonyl (C=O) groups is 2. The predicted molar refractivity (Wildman–Crippen MR) is 136 cm³/mol. The Hall–Kier alpha value is -3.88. The van der Waals surface area contributed by atoms with E-state index in [0.29, 0.717) is 29.0 Å². The zero-order chi connectivity index (χ0) is 26.1. The van der Waals surface area contributed by atoms with E-state index in [-0.39, 0.29) is 44.4 Å². The van der Waals surface area contributed by atoms with Gasteiger partial charge in [-0.3, -0.25) is 19.1 Å². The van der Waals surface area contributed by atoms with Gasteiger partial charge in [-0.1, -0.05) is 38.1 Å². The van der Waals surface area contributed by atoms with Crippen molar-refractivity contribution in [2.75, 3.05) is 26.4 Å². The smallest absolute Gasteiger partial charge is 0.410 e. The first kappa shape index (κ1) is 26.7. The van der Waals surface area contributed by atoms with Gasteiger partial charge in [0.15, 0.2) is 0 Å². The van der Waals surface area contributed by atoms with E-state index in [9.17, 15) is 14.4 Å². The number of benzene rings is 2. The van der Waals surface area contributed by atoms with Crippen LogP contribution in [0.15, 0.2) is 53.3 Å². The van der Waals surface area contributed by atoms with Crippen LogP contribution in [0.25, 0.3) is 10.9 Å². The molecule has 3 rings (SSSR count). The van der Waals surface area contributed by atoms with Gasteiger partial charge in [-0.2, -0.15) is 0 Å². The Bertz CT molecular complexity index is 1240. The second-order valence-electron chi connectivity index (χ2n) is 8.76. The van der Waals surface area contributed by atoms with Crippen LogP contribution in [0.3, 0.4) is 0 Å². The Morgan fingerprint density at radius 2 is 1.78 bits per heavy atom. The van der Waals surface area contributed by atoms with Gasteiger partial charge in [0.1, 0.15) is 24.7 Å². The van der Waals surface area contributed by atoms with Crippen molar-refractivity contribution in [2.45, 2.75) is 40.8 Å². The summed E-state index contributed by atoms with van der Waals surface area (Å²) in [5.74, 6) is 0.939. The number of carbonyl (C=O) groups excluding carboxylic acids is 2. The van der Waals surface area contributed by atoms with E-state index in [2.05, 4.69) is 4.98 Å². The monoisotopic (exact) mass is 495 g/mol. The number of fused-ring (bicyclic) bond motifs is 1. The van der Waals surface area contributed by atoms with Crippen molar-refractivity contribution in [3.8, 4) is 5.75 Å². The summed E-state index contributed by atoms with van der Waals surface area (Å²) >= 11 is 0. The number of nitrogens with zero attached hydrogens (tertiary/aromatic N) is 3. The van der Waals surface area contributed by atoms with E-state index in [0.717, 1.165) is 5.56 Å². The highest BCUT2D eigenvalue weighted by Gasteiger charge is 2.20. The van der Waals surface area contributed by atoms with Gasteiger partial charge in [0.2, 0.25) is 0 Å². The number of aromatic nitrogens is 2. The Balaban J connectivity index is 1.61. The van der Waals surface area contributed by atoms with Gasteiger partial charge in [-0.15, -0.1) is 0 Å². The molecule has 192 valence electrons. The topological polar surface area (TPSA) is 100.0 Å². The summed E-state index contributed by atoms with van der Waals surface area (Å²) in [6, 6.07) is 14.5. The van der Waals surface area contributed by atoms with Crippen molar-refractivity contribution >= 4 is 23.0 Å². The fraction of sp³-hybridized carbons (Fsp3) is 0.407. The van der Waals surface area contributed by atoms with Crippen LogP contribution in [0.5, 0.6) is 5.75 Å². The molecule has 0 saturated heterocycles. The molecular weight excluding hydrogens is 462 g/mol. The molecule has 0 radical (unpaired) electrons. The van der Waals surface area contributed by atoms with Gasteiger partial charge in [-0.05, 0) is 49.6 Å². The molecule has 2 aromatic carbocycles. The van der Waals surface area contributed by atoms with E-state index >= 15 is 0 Å². The normalized spacial score (nSPS) is 10.9. The molecule has 9 nitrogen and oxygen atoms in total. The van der Waals surface area contributed by atoms with Crippen LogP contribution in [0.4, 0.5) is 4.79 Å². The SMILES string of the molecule is CCOC(=O)CN(Cc1ccc(OCCn2c(C)nc3ccccc3c2=O)cc1)C(=O)OCC(C)C. The summed E-state index contributed by atoms with van der Waals surface area (Å²) < 4.78 is 17.7. The number of esters is 1. The number of hydrogen-bond donors (Lipinski definition) is 0. The minimum absolute atomic E-state index is 0.0944. The average Bonchev–Trinajstić information content (AvgIpc) is 2.85. The van der Waals surface area contributed by atoms with E-state index in [1.807, 2.05) is 44.2 Å². The van der Waals surface area contributed by atoms with Gasteiger partial charge in [0, 0.05) is 6.54 Å². The fourth-order valence-electron chi connectivity index (χ4n) is 3.59. The van der Waals surface area contributed by atoms with Gasteiger partial charge in [0.05, 0.1) is 30.7 Å². The van der Waals surface area contributed by atoms with E-state index in [1.165, 1.54) is 4.90 Å². The van der Waals surface area contributed by atoms with Crippen molar-refractivity contribution in [1.82, 2.24) is 14.5 Å². The van der Waals surface area contributed by atoms with Crippen LogP contribution >= 0.6 is 0 Å². The summed E-state index contributed by atoms with van der Waals surface area (Å²) in [6.45, 7) is 8.54. The molecule has 0 aliphatic carbocycles. The third kappa shape index (κ3) is 7.31. The van der Waals surface area contributed by atoms with Gasteiger partial charge >= 0.3 is 12.1 Å². The van der Waals surface area contributed by atoms with Crippen LogP contribution in [0.2, 0.25) is 0 Å². The maximum atomic E-state index is 12.8. The third-order valence-corrected chi connectivity index (χ3v) is 5.36. The van der Waals surface area contributed by atoms with Gasteiger partial charge < -0.3 is 14.2 Å². The maximum absolute atomic E-state index is 12.8. The number of para-hydroxylation sites is 1. The summed E-state index contributed by atoms with van der Waals surface area (Å²) in [5.41, 5.74) is 1.39. The lowest BCUT2D eigenvalue weighted by molar-refractivity contribution is -0.144. The molecule has 3 aromatic rings. The Morgan fingerprint density at radius 3 is 2.47 bits per heavy atom.